The van der Waals surface area contributed by atoms with Crippen molar-refractivity contribution in [1.82, 2.24) is 0 Å². The highest BCUT2D eigenvalue weighted by Gasteiger charge is 2.24. The molecule has 0 amide bonds. The predicted molar refractivity (Wildman–Crippen MR) is 87.9 cm³/mol. The van der Waals surface area contributed by atoms with Crippen LogP contribution in [0.3, 0.4) is 0 Å². The summed E-state index contributed by atoms with van der Waals surface area (Å²) in [6, 6.07) is 22.4. The fraction of sp³-hybridized carbons (Fsp3) is 0.158. The summed E-state index contributed by atoms with van der Waals surface area (Å²) in [5, 5.41) is 2.91. The third kappa shape index (κ3) is 1.86. The molecule has 3 aromatic rings. The van der Waals surface area contributed by atoms with Gasteiger partial charge in [-0.15, -0.1) is 0 Å². The molecular formula is C19H17B. The number of hydrogen-bond acceptors (Lipinski definition) is 0. The molecule has 0 spiro atoms. The highest BCUT2D eigenvalue weighted by Crippen LogP contribution is 2.30. The lowest BCUT2D eigenvalue weighted by Gasteiger charge is -2.24. The van der Waals surface area contributed by atoms with Crippen LogP contribution in [0.15, 0.2) is 60.7 Å². The number of aryl methyl sites for hydroxylation is 1. The van der Waals surface area contributed by atoms with Gasteiger partial charge in [0.05, 0.1) is 0 Å². The first kappa shape index (κ1) is 11.8. The van der Waals surface area contributed by atoms with Crippen molar-refractivity contribution in [2.45, 2.75) is 19.6 Å². The van der Waals surface area contributed by atoms with E-state index in [0.29, 0.717) is 6.71 Å². The van der Waals surface area contributed by atoms with Gasteiger partial charge in [0.2, 0.25) is 0 Å². The van der Waals surface area contributed by atoms with E-state index in [1.807, 2.05) is 0 Å². The van der Waals surface area contributed by atoms with Gasteiger partial charge in [0.1, 0.15) is 0 Å². The van der Waals surface area contributed by atoms with Crippen LogP contribution in [-0.4, -0.2) is 6.71 Å². The molecule has 0 saturated heterocycles. The summed E-state index contributed by atoms with van der Waals surface area (Å²) < 4.78 is 0. The van der Waals surface area contributed by atoms with Crippen LogP contribution in [0.25, 0.3) is 10.8 Å². The van der Waals surface area contributed by atoms with Crippen LogP contribution in [0, 0.1) is 6.92 Å². The van der Waals surface area contributed by atoms with E-state index < -0.39 is 0 Å². The Bertz CT molecular complexity index is 774. The van der Waals surface area contributed by atoms with Gasteiger partial charge in [-0.25, -0.2) is 0 Å². The van der Waals surface area contributed by atoms with Gasteiger partial charge in [-0.3, -0.25) is 0 Å². The van der Waals surface area contributed by atoms with Crippen LogP contribution in [0.2, 0.25) is 0 Å². The maximum absolute atomic E-state index is 2.38. The lowest BCUT2D eigenvalue weighted by molar-refractivity contribution is 1.24. The quantitative estimate of drug-likeness (QED) is 0.582. The average Bonchev–Trinajstić information content (AvgIpc) is 2.48. The number of hydrogen-bond donors (Lipinski definition) is 0. The van der Waals surface area contributed by atoms with E-state index in [2.05, 4.69) is 67.6 Å². The second-order valence-corrected chi connectivity index (χ2v) is 5.96. The molecule has 1 aliphatic heterocycles. The zero-order valence-corrected chi connectivity index (χ0v) is 11.8. The van der Waals surface area contributed by atoms with Crippen LogP contribution >= 0.6 is 0 Å². The van der Waals surface area contributed by atoms with E-state index >= 15 is 0 Å². The largest absolute Gasteiger partial charge is 0.184 e. The third-order valence-corrected chi connectivity index (χ3v) is 4.49. The molecule has 0 nitrogen and oxygen atoms in total. The molecule has 4 rings (SSSR count). The van der Waals surface area contributed by atoms with Gasteiger partial charge in [-0.1, -0.05) is 71.7 Å². The Morgan fingerprint density at radius 2 is 1.60 bits per heavy atom. The van der Waals surface area contributed by atoms with Crippen LogP contribution in [0.1, 0.15) is 16.7 Å². The van der Waals surface area contributed by atoms with Crippen molar-refractivity contribution in [3.05, 3.63) is 77.4 Å². The molecule has 1 heteroatoms. The van der Waals surface area contributed by atoms with Gasteiger partial charge in [-0.05, 0) is 41.5 Å². The molecule has 1 heterocycles. The maximum Gasteiger partial charge on any atom is 0.184 e. The normalized spacial score (nSPS) is 13.8. The van der Waals surface area contributed by atoms with E-state index in [9.17, 15) is 0 Å². The molecule has 0 radical (unpaired) electrons. The monoisotopic (exact) mass is 256 g/mol. The van der Waals surface area contributed by atoms with Crippen molar-refractivity contribution in [2.24, 2.45) is 0 Å². The van der Waals surface area contributed by atoms with E-state index in [1.54, 1.807) is 0 Å². The Balaban J connectivity index is 1.87. The zero-order valence-electron chi connectivity index (χ0n) is 11.8. The summed E-state index contributed by atoms with van der Waals surface area (Å²) in [6.07, 6.45) is 2.33. The Morgan fingerprint density at radius 1 is 0.800 bits per heavy atom. The first-order valence-corrected chi connectivity index (χ1v) is 7.37. The molecule has 0 unspecified atom stereocenters. The molecule has 0 atom stereocenters. The second kappa shape index (κ2) is 4.52. The Morgan fingerprint density at radius 3 is 2.45 bits per heavy atom. The van der Waals surface area contributed by atoms with Gasteiger partial charge >= 0.3 is 0 Å². The molecule has 1 aliphatic rings. The average molecular weight is 256 g/mol. The van der Waals surface area contributed by atoms with E-state index in [-0.39, 0.29) is 0 Å². The predicted octanol–water partition coefficient (Wildman–Crippen LogP) is 3.73. The lowest BCUT2D eigenvalue weighted by atomic mass is 9.37. The number of rotatable bonds is 1. The Labute approximate surface area is 120 Å². The highest BCUT2D eigenvalue weighted by atomic mass is 14.1. The van der Waals surface area contributed by atoms with Crippen molar-refractivity contribution < 1.29 is 0 Å². The smallest absolute Gasteiger partial charge is 0.0794 e. The standard InChI is InChI=1S/C19H17B/c1-14-10-15-6-5-7-16-12-20(13-17(11-14)19(15)16)18-8-3-2-4-9-18/h2-11H,12-13H2,1H3. The van der Waals surface area contributed by atoms with Crippen LogP contribution in [0.4, 0.5) is 0 Å². The minimum absolute atomic E-state index is 0.621. The fourth-order valence-electron chi connectivity index (χ4n) is 3.66. The highest BCUT2D eigenvalue weighted by molar-refractivity contribution is 6.73. The van der Waals surface area contributed by atoms with Crippen molar-refractivity contribution in [3.63, 3.8) is 0 Å². The van der Waals surface area contributed by atoms with E-state index in [4.69, 9.17) is 0 Å². The molecule has 0 aromatic heterocycles. The third-order valence-electron chi connectivity index (χ3n) is 4.49. The Kier molecular flexibility index (Phi) is 2.66. The summed E-state index contributed by atoms with van der Waals surface area (Å²) in [5.41, 5.74) is 5.88. The van der Waals surface area contributed by atoms with Crippen molar-refractivity contribution >= 4 is 22.9 Å². The molecule has 96 valence electrons. The van der Waals surface area contributed by atoms with Gasteiger partial charge in [0.15, 0.2) is 6.71 Å². The molecule has 0 N–H and O–H groups in total. The zero-order chi connectivity index (χ0) is 13.5. The minimum Gasteiger partial charge on any atom is -0.0794 e. The van der Waals surface area contributed by atoms with Crippen molar-refractivity contribution in [2.75, 3.05) is 0 Å². The van der Waals surface area contributed by atoms with Crippen LogP contribution in [-0.2, 0) is 12.6 Å². The summed E-state index contributed by atoms with van der Waals surface area (Å²) >= 11 is 0. The molecule has 3 aromatic carbocycles. The molecular weight excluding hydrogens is 239 g/mol. The van der Waals surface area contributed by atoms with Gasteiger partial charge in [0.25, 0.3) is 0 Å². The Hall–Kier alpha value is -2.02. The van der Waals surface area contributed by atoms with Crippen LogP contribution < -0.4 is 5.46 Å². The fourth-order valence-corrected chi connectivity index (χ4v) is 3.66. The van der Waals surface area contributed by atoms with Crippen LogP contribution in [0.5, 0.6) is 0 Å². The number of benzene rings is 3. The molecule has 0 saturated carbocycles. The molecule has 0 bridgehead atoms. The van der Waals surface area contributed by atoms with E-state index in [0.717, 1.165) is 6.32 Å². The minimum atomic E-state index is 0.621. The van der Waals surface area contributed by atoms with Gasteiger partial charge < -0.3 is 0 Å². The maximum atomic E-state index is 2.38. The summed E-state index contributed by atoms with van der Waals surface area (Å²) in [4.78, 5) is 0. The summed E-state index contributed by atoms with van der Waals surface area (Å²) in [6.45, 7) is 2.82. The van der Waals surface area contributed by atoms with Crippen molar-refractivity contribution in [1.29, 1.82) is 0 Å². The summed E-state index contributed by atoms with van der Waals surface area (Å²) in [7, 11) is 0. The van der Waals surface area contributed by atoms with Gasteiger partial charge in [-0.2, -0.15) is 0 Å². The first-order valence-electron chi connectivity index (χ1n) is 7.37. The van der Waals surface area contributed by atoms with Crippen molar-refractivity contribution in [3.8, 4) is 0 Å². The first-order chi connectivity index (χ1) is 9.81. The molecule has 0 aliphatic carbocycles. The molecule has 20 heavy (non-hydrogen) atoms. The summed E-state index contributed by atoms with van der Waals surface area (Å²) in [5.74, 6) is 0. The topological polar surface area (TPSA) is 0 Å². The molecule has 0 fully saturated rings. The second-order valence-electron chi connectivity index (χ2n) is 5.96. The van der Waals surface area contributed by atoms with Gasteiger partial charge in [0, 0.05) is 0 Å². The lowest BCUT2D eigenvalue weighted by Crippen LogP contribution is -2.37. The van der Waals surface area contributed by atoms with E-state index in [1.165, 1.54) is 39.2 Å². The SMILES string of the molecule is Cc1cc2c3c(cccc3c1)CB(c1ccccc1)C2.